The number of carbonyl (C=O) groups is 2. The van der Waals surface area contributed by atoms with E-state index in [0.29, 0.717) is 10.6 Å². The van der Waals surface area contributed by atoms with Crippen LogP contribution in [0.2, 0.25) is 0 Å². The second kappa shape index (κ2) is 4.42. The number of hydrogen-bond donors (Lipinski definition) is 2. The van der Waals surface area contributed by atoms with E-state index in [-0.39, 0.29) is 18.9 Å². The van der Waals surface area contributed by atoms with Gasteiger partial charge in [-0.05, 0) is 6.92 Å². The number of carboxylic acid groups (broad SMARTS) is 1. The summed E-state index contributed by atoms with van der Waals surface area (Å²) in [4.78, 5) is 28.7. The van der Waals surface area contributed by atoms with E-state index in [2.05, 4.69) is 4.98 Å². The van der Waals surface area contributed by atoms with Crippen LogP contribution in [-0.4, -0.2) is 50.7 Å². The average Bonchev–Trinajstić information content (AvgIpc) is 2.83. The molecule has 1 aromatic heterocycles. The number of aliphatic hydroxyl groups is 1. The van der Waals surface area contributed by atoms with Crippen molar-refractivity contribution in [1.29, 1.82) is 0 Å². The van der Waals surface area contributed by atoms with Crippen LogP contribution in [0.5, 0.6) is 0 Å². The van der Waals surface area contributed by atoms with Crippen molar-refractivity contribution in [1.82, 2.24) is 9.88 Å². The third-order valence-corrected chi connectivity index (χ3v) is 3.68. The van der Waals surface area contributed by atoms with Gasteiger partial charge in [-0.3, -0.25) is 4.79 Å². The molecule has 2 atom stereocenters. The lowest BCUT2D eigenvalue weighted by Crippen LogP contribution is -2.40. The van der Waals surface area contributed by atoms with Crippen LogP contribution in [0.1, 0.15) is 21.8 Å². The first-order valence-electron chi connectivity index (χ1n) is 5.12. The molecule has 1 aliphatic heterocycles. The van der Waals surface area contributed by atoms with Gasteiger partial charge in [0.2, 0.25) is 0 Å². The van der Waals surface area contributed by atoms with Crippen LogP contribution >= 0.6 is 11.3 Å². The quantitative estimate of drug-likeness (QED) is 0.783. The molecular weight excluding hydrogens is 244 g/mol. The van der Waals surface area contributed by atoms with Gasteiger partial charge in [0, 0.05) is 13.0 Å². The Bertz CT molecular complexity index is 459. The molecule has 6 nitrogen and oxygen atoms in total. The molecule has 1 saturated heterocycles. The highest BCUT2D eigenvalue weighted by molar-refractivity contribution is 7.11. The molecule has 1 aliphatic rings. The molecule has 1 fully saturated rings. The molecular formula is C10H12N2O4S. The van der Waals surface area contributed by atoms with E-state index in [1.165, 1.54) is 16.2 Å². The van der Waals surface area contributed by atoms with Gasteiger partial charge in [0.25, 0.3) is 5.91 Å². The Balaban J connectivity index is 2.25. The average molecular weight is 256 g/mol. The third-order valence-electron chi connectivity index (χ3n) is 2.76. The molecule has 17 heavy (non-hydrogen) atoms. The minimum Gasteiger partial charge on any atom is -0.480 e. The van der Waals surface area contributed by atoms with E-state index in [4.69, 9.17) is 5.11 Å². The first-order chi connectivity index (χ1) is 8.00. The Hall–Kier alpha value is -1.47. The van der Waals surface area contributed by atoms with Crippen molar-refractivity contribution in [2.75, 3.05) is 6.54 Å². The number of hydrogen-bond acceptors (Lipinski definition) is 5. The normalized spacial score (nSPS) is 24.0. The van der Waals surface area contributed by atoms with E-state index in [1.54, 1.807) is 12.4 Å². The Morgan fingerprint density at radius 2 is 2.29 bits per heavy atom. The molecule has 0 radical (unpaired) electrons. The van der Waals surface area contributed by atoms with Crippen molar-refractivity contribution in [2.24, 2.45) is 0 Å². The number of carboxylic acids is 1. The van der Waals surface area contributed by atoms with E-state index < -0.39 is 18.1 Å². The van der Waals surface area contributed by atoms with E-state index in [1.807, 2.05) is 0 Å². The maximum Gasteiger partial charge on any atom is 0.326 e. The van der Waals surface area contributed by atoms with Crippen molar-refractivity contribution in [3.63, 3.8) is 0 Å². The smallest absolute Gasteiger partial charge is 0.326 e. The zero-order chi connectivity index (χ0) is 12.6. The Labute approximate surface area is 102 Å². The highest BCUT2D eigenvalue weighted by Gasteiger charge is 2.39. The lowest BCUT2D eigenvalue weighted by molar-refractivity contribution is -0.141. The van der Waals surface area contributed by atoms with Gasteiger partial charge >= 0.3 is 5.97 Å². The molecule has 0 aromatic carbocycles. The minimum atomic E-state index is -1.09. The lowest BCUT2D eigenvalue weighted by atomic mass is 10.2. The molecule has 0 aliphatic carbocycles. The summed E-state index contributed by atoms with van der Waals surface area (Å²) in [5.74, 6) is -1.45. The van der Waals surface area contributed by atoms with Crippen molar-refractivity contribution < 1.29 is 19.8 Å². The highest BCUT2D eigenvalue weighted by Crippen LogP contribution is 2.23. The van der Waals surface area contributed by atoms with Crippen LogP contribution in [0.25, 0.3) is 0 Å². The summed E-state index contributed by atoms with van der Waals surface area (Å²) < 4.78 is 0. The van der Waals surface area contributed by atoms with Crippen molar-refractivity contribution in [2.45, 2.75) is 25.5 Å². The molecule has 0 saturated carbocycles. The number of nitrogens with zero attached hydrogens (tertiary/aromatic N) is 2. The van der Waals surface area contributed by atoms with Crippen molar-refractivity contribution in [3.05, 3.63) is 16.1 Å². The number of aliphatic carboxylic acids is 1. The standard InChI is InChI=1S/C10H12N2O4S/c1-5-8(17-4-11-5)9(14)12-3-6(13)2-7(12)10(15)16/h4,6-7,13H,2-3H2,1H3,(H,15,16). The summed E-state index contributed by atoms with van der Waals surface area (Å²) >= 11 is 1.18. The van der Waals surface area contributed by atoms with Crippen LogP contribution in [0.15, 0.2) is 5.51 Å². The van der Waals surface area contributed by atoms with Crippen molar-refractivity contribution in [3.8, 4) is 0 Å². The molecule has 0 spiro atoms. The number of carbonyl (C=O) groups excluding carboxylic acids is 1. The van der Waals surface area contributed by atoms with E-state index >= 15 is 0 Å². The van der Waals surface area contributed by atoms with Gasteiger partial charge in [-0.1, -0.05) is 0 Å². The summed E-state index contributed by atoms with van der Waals surface area (Å²) in [5.41, 5.74) is 2.13. The number of amides is 1. The number of rotatable bonds is 2. The summed E-state index contributed by atoms with van der Waals surface area (Å²) in [5, 5.41) is 18.5. The molecule has 2 heterocycles. The number of aryl methyl sites for hydroxylation is 1. The number of aromatic nitrogens is 1. The number of likely N-dealkylation sites (tertiary alicyclic amines) is 1. The van der Waals surface area contributed by atoms with Crippen LogP contribution in [0.4, 0.5) is 0 Å². The van der Waals surface area contributed by atoms with Gasteiger partial charge in [0.1, 0.15) is 10.9 Å². The van der Waals surface area contributed by atoms with Crippen LogP contribution < -0.4 is 0 Å². The molecule has 2 unspecified atom stereocenters. The second-order valence-corrected chi connectivity index (χ2v) is 4.82. The van der Waals surface area contributed by atoms with Gasteiger partial charge in [0.15, 0.2) is 0 Å². The fourth-order valence-electron chi connectivity index (χ4n) is 1.91. The predicted molar refractivity (Wildman–Crippen MR) is 59.9 cm³/mol. The van der Waals surface area contributed by atoms with Gasteiger partial charge in [-0.25, -0.2) is 9.78 Å². The molecule has 0 bridgehead atoms. The highest BCUT2D eigenvalue weighted by atomic mass is 32.1. The third kappa shape index (κ3) is 2.16. The maximum absolute atomic E-state index is 12.1. The summed E-state index contributed by atoms with van der Waals surface area (Å²) in [6.45, 7) is 1.76. The van der Waals surface area contributed by atoms with Crippen molar-refractivity contribution >= 4 is 23.2 Å². The zero-order valence-corrected chi connectivity index (χ0v) is 9.98. The predicted octanol–water partition coefficient (Wildman–Crippen LogP) is 0.112. The summed E-state index contributed by atoms with van der Waals surface area (Å²) in [7, 11) is 0. The number of β-amino-alcohol motifs (C(OH)–C–C–N with tert-alkyl or cyclic N) is 1. The first-order valence-corrected chi connectivity index (χ1v) is 6.00. The Morgan fingerprint density at radius 1 is 1.59 bits per heavy atom. The van der Waals surface area contributed by atoms with Gasteiger partial charge < -0.3 is 15.1 Å². The van der Waals surface area contributed by atoms with Gasteiger partial charge in [0.05, 0.1) is 17.3 Å². The fraction of sp³-hybridized carbons (Fsp3) is 0.500. The monoisotopic (exact) mass is 256 g/mol. The second-order valence-electron chi connectivity index (χ2n) is 3.97. The van der Waals surface area contributed by atoms with E-state index in [0.717, 1.165) is 0 Å². The fourth-order valence-corrected chi connectivity index (χ4v) is 2.67. The lowest BCUT2D eigenvalue weighted by Gasteiger charge is -2.20. The van der Waals surface area contributed by atoms with Crippen LogP contribution in [0.3, 0.4) is 0 Å². The number of thiazole rings is 1. The van der Waals surface area contributed by atoms with Crippen LogP contribution in [-0.2, 0) is 4.79 Å². The van der Waals surface area contributed by atoms with Gasteiger partial charge in [-0.15, -0.1) is 11.3 Å². The topological polar surface area (TPSA) is 90.7 Å². The molecule has 92 valence electrons. The Kier molecular flexibility index (Phi) is 3.12. The summed E-state index contributed by atoms with van der Waals surface area (Å²) in [6, 6.07) is -0.945. The first kappa shape index (κ1) is 12.0. The van der Waals surface area contributed by atoms with E-state index in [9.17, 15) is 14.7 Å². The minimum absolute atomic E-state index is 0.0626. The summed E-state index contributed by atoms with van der Waals surface area (Å²) in [6.07, 6.45) is -0.688. The Morgan fingerprint density at radius 3 is 2.82 bits per heavy atom. The number of aliphatic hydroxyl groups excluding tert-OH is 1. The molecule has 1 amide bonds. The van der Waals surface area contributed by atoms with Gasteiger partial charge in [-0.2, -0.15) is 0 Å². The SMILES string of the molecule is Cc1ncsc1C(=O)N1CC(O)CC1C(=O)O. The maximum atomic E-state index is 12.1. The zero-order valence-electron chi connectivity index (χ0n) is 9.16. The molecule has 2 N–H and O–H groups in total. The van der Waals surface area contributed by atoms with Crippen LogP contribution in [0, 0.1) is 6.92 Å². The molecule has 2 rings (SSSR count). The molecule has 7 heteroatoms. The largest absolute Gasteiger partial charge is 0.480 e. The molecule has 1 aromatic rings.